The Morgan fingerprint density at radius 3 is 1.62 bits per heavy atom. The molecular formula is C53H33NS. The zero-order chi connectivity index (χ0) is 36.1. The van der Waals surface area contributed by atoms with Crippen molar-refractivity contribution in [3.05, 3.63) is 222 Å². The van der Waals surface area contributed by atoms with Crippen molar-refractivity contribution in [2.75, 3.05) is 4.90 Å². The first-order valence-corrected chi connectivity index (χ1v) is 19.8. The van der Waals surface area contributed by atoms with E-state index in [0.717, 1.165) is 11.4 Å². The number of hydrogen-bond donors (Lipinski definition) is 0. The van der Waals surface area contributed by atoms with Crippen molar-refractivity contribution in [2.24, 2.45) is 0 Å². The van der Waals surface area contributed by atoms with Crippen molar-refractivity contribution >= 4 is 59.3 Å². The van der Waals surface area contributed by atoms with Gasteiger partial charge in [0.05, 0.1) is 15.8 Å². The topological polar surface area (TPSA) is 3.24 Å². The zero-order valence-electron chi connectivity index (χ0n) is 29.9. The van der Waals surface area contributed by atoms with E-state index in [9.17, 15) is 0 Å². The average Bonchev–Trinajstić information content (AvgIpc) is 3.89. The number of hydrogen-bond acceptors (Lipinski definition) is 2. The fraction of sp³-hybridized carbons (Fsp3) is 0.0189. The highest BCUT2D eigenvalue weighted by molar-refractivity contribution is 7.26. The van der Waals surface area contributed by atoms with Gasteiger partial charge in [0.2, 0.25) is 0 Å². The normalized spacial score (nSPS) is 13.2. The summed E-state index contributed by atoms with van der Waals surface area (Å²) in [5.74, 6) is 0. The van der Waals surface area contributed by atoms with Crippen LogP contribution in [0.25, 0.3) is 64.3 Å². The second-order valence-electron chi connectivity index (χ2n) is 14.8. The predicted molar refractivity (Wildman–Crippen MR) is 233 cm³/mol. The Hall–Kier alpha value is -6.74. The van der Waals surface area contributed by atoms with Crippen LogP contribution in [0.2, 0.25) is 0 Å². The lowest BCUT2D eigenvalue weighted by Crippen LogP contribution is -2.25. The molecule has 1 spiro atoms. The quantitative estimate of drug-likeness (QED) is 0.175. The Bertz CT molecular complexity index is 3110. The van der Waals surface area contributed by atoms with E-state index in [4.69, 9.17) is 0 Å². The molecule has 0 radical (unpaired) electrons. The van der Waals surface area contributed by atoms with E-state index in [1.165, 1.54) is 92.3 Å². The van der Waals surface area contributed by atoms with Crippen LogP contribution >= 0.6 is 11.3 Å². The summed E-state index contributed by atoms with van der Waals surface area (Å²) >= 11 is 1.89. The lowest BCUT2D eigenvalue weighted by molar-refractivity contribution is 0.794. The van der Waals surface area contributed by atoms with Gasteiger partial charge in [-0.2, -0.15) is 0 Å². The number of nitrogens with zero attached hydrogens (tertiary/aromatic N) is 1. The molecule has 9 aromatic carbocycles. The molecular weight excluding hydrogens is 683 g/mol. The summed E-state index contributed by atoms with van der Waals surface area (Å²) in [5, 5.41) is 5.16. The molecule has 0 N–H and O–H groups in total. The minimum atomic E-state index is -0.374. The molecule has 2 heteroatoms. The van der Waals surface area contributed by atoms with Crippen molar-refractivity contribution < 1.29 is 0 Å². The second kappa shape index (κ2) is 11.6. The van der Waals surface area contributed by atoms with Crippen LogP contribution < -0.4 is 4.90 Å². The standard InChI is InChI=1S/C53H33NS/c1-2-14-34(15-3-1)35-26-28-37(29-27-35)54(49-32-36-16-4-5-17-39(36)51-43-21-9-13-25-50(43)55-52(49)51)38-30-31-48-44(33-38)42-20-8-12-24-47(42)53(48)45-22-10-6-18-40(45)41-19-7-11-23-46(41)53/h1-33H. The van der Waals surface area contributed by atoms with E-state index < -0.39 is 0 Å². The molecule has 0 atom stereocenters. The first-order chi connectivity index (χ1) is 27.3. The predicted octanol–water partition coefficient (Wildman–Crippen LogP) is 14.7. The lowest BCUT2D eigenvalue weighted by atomic mass is 9.70. The monoisotopic (exact) mass is 715 g/mol. The molecule has 1 nitrogen and oxygen atoms in total. The molecule has 0 fully saturated rings. The van der Waals surface area contributed by atoms with Gasteiger partial charge in [0.1, 0.15) is 0 Å². The van der Waals surface area contributed by atoms with Crippen LogP contribution in [0, 0.1) is 0 Å². The molecule has 12 rings (SSSR count). The van der Waals surface area contributed by atoms with Crippen molar-refractivity contribution in [2.45, 2.75) is 5.41 Å². The SMILES string of the molecule is c1ccc(-c2ccc(N(c3ccc4c(c3)-c3ccccc3C43c4ccccc4-c4ccccc43)c3cc4ccccc4c4c3sc3ccccc34)cc2)cc1. The van der Waals surface area contributed by atoms with Crippen molar-refractivity contribution in [3.63, 3.8) is 0 Å². The number of benzene rings is 9. The average molecular weight is 716 g/mol. The summed E-state index contributed by atoms with van der Waals surface area (Å²) in [7, 11) is 0. The lowest BCUT2D eigenvalue weighted by Gasteiger charge is -2.31. The molecule has 0 saturated heterocycles. The molecule has 2 aliphatic carbocycles. The molecule has 0 saturated carbocycles. The molecule has 1 heterocycles. The third-order valence-electron chi connectivity index (χ3n) is 12.1. The number of anilines is 3. The minimum Gasteiger partial charge on any atom is -0.309 e. The number of fused-ring (bicyclic) bond motifs is 15. The van der Waals surface area contributed by atoms with Crippen LogP contribution in [-0.2, 0) is 5.41 Å². The molecule has 0 aliphatic heterocycles. The summed E-state index contributed by atoms with van der Waals surface area (Å²) in [6.07, 6.45) is 0. The van der Waals surface area contributed by atoms with Crippen LogP contribution in [0.4, 0.5) is 17.1 Å². The molecule has 1 aromatic heterocycles. The highest BCUT2D eigenvalue weighted by Gasteiger charge is 2.51. The third-order valence-corrected chi connectivity index (χ3v) is 13.3. The van der Waals surface area contributed by atoms with Gasteiger partial charge in [-0.3, -0.25) is 0 Å². The first-order valence-electron chi connectivity index (χ1n) is 19.0. The zero-order valence-corrected chi connectivity index (χ0v) is 30.7. The van der Waals surface area contributed by atoms with Crippen molar-refractivity contribution in [1.82, 2.24) is 0 Å². The van der Waals surface area contributed by atoms with Gasteiger partial charge in [0.15, 0.2) is 0 Å². The molecule has 2 aliphatic rings. The van der Waals surface area contributed by atoms with Crippen LogP contribution in [0.15, 0.2) is 200 Å². The Morgan fingerprint density at radius 2 is 0.909 bits per heavy atom. The fourth-order valence-electron chi connectivity index (χ4n) is 9.81. The Kier molecular flexibility index (Phi) is 6.49. The third kappa shape index (κ3) is 4.23. The van der Waals surface area contributed by atoms with Gasteiger partial charge >= 0.3 is 0 Å². The minimum absolute atomic E-state index is 0.374. The highest BCUT2D eigenvalue weighted by atomic mass is 32.1. The van der Waals surface area contributed by atoms with Gasteiger partial charge < -0.3 is 4.90 Å². The first kappa shape index (κ1) is 30.7. The Labute approximate surface area is 324 Å². The molecule has 0 unspecified atom stereocenters. The maximum atomic E-state index is 2.50. The van der Waals surface area contributed by atoms with Gasteiger partial charge in [-0.15, -0.1) is 11.3 Å². The maximum absolute atomic E-state index is 2.50. The van der Waals surface area contributed by atoms with E-state index in [2.05, 4.69) is 205 Å². The van der Waals surface area contributed by atoms with Gasteiger partial charge in [-0.25, -0.2) is 0 Å². The van der Waals surface area contributed by atoms with E-state index in [1.807, 2.05) is 11.3 Å². The summed E-state index contributed by atoms with van der Waals surface area (Å²) in [5.41, 5.74) is 16.2. The van der Waals surface area contributed by atoms with Gasteiger partial charge in [-0.05, 0) is 103 Å². The van der Waals surface area contributed by atoms with Crippen LogP contribution in [0.3, 0.4) is 0 Å². The molecule has 0 bridgehead atoms. The molecule has 55 heavy (non-hydrogen) atoms. The summed E-state index contributed by atoms with van der Waals surface area (Å²) in [4.78, 5) is 2.50. The molecule has 10 aromatic rings. The highest BCUT2D eigenvalue weighted by Crippen LogP contribution is 2.63. The van der Waals surface area contributed by atoms with E-state index >= 15 is 0 Å². The molecule has 0 amide bonds. The van der Waals surface area contributed by atoms with Crippen molar-refractivity contribution in [1.29, 1.82) is 0 Å². The Balaban J connectivity index is 1.14. The maximum Gasteiger partial charge on any atom is 0.0725 e. The van der Waals surface area contributed by atoms with E-state index in [0.29, 0.717) is 0 Å². The fourth-order valence-corrected chi connectivity index (χ4v) is 11.0. The molecule has 256 valence electrons. The second-order valence-corrected chi connectivity index (χ2v) is 15.8. The summed E-state index contributed by atoms with van der Waals surface area (Å²) < 4.78 is 2.60. The van der Waals surface area contributed by atoms with E-state index in [1.54, 1.807) is 0 Å². The van der Waals surface area contributed by atoms with E-state index in [-0.39, 0.29) is 5.41 Å². The van der Waals surface area contributed by atoms with Crippen LogP contribution in [0.5, 0.6) is 0 Å². The summed E-state index contributed by atoms with van der Waals surface area (Å²) in [6.45, 7) is 0. The number of thiophene rings is 1. The smallest absolute Gasteiger partial charge is 0.0725 e. The largest absolute Gasteiger partial charge is 0.309 e. The van der Waals surface area contributed by atoms with Crippen LogP contribution in [-0.4, -0.2) is 0 Å². The van der Waals surface area contributed by atoms with Crippen LogP contribution in [0.1, 0.15) is 22.3 Å². The Morgan fingerprint density at radius 1 is 0.382 bits per heavy atom. The van der Waals surface area contributed by atoms with Crippen molar-refractivity contribution in [3.8, 4) is 33.4 Å². The van der Waals surface area contributed by atoms with Gasteiger partial charge in [0, 0.05) is 26.8 Å². The van der Waals surface area contributed by atoms with Gasteiger partial charge in [-0.1, -0.05) is 164 Å². The van der Waals surface area contributed by atoms with Gasteiger partial charge in [0.25, 0.3) is 0 Å². The number of rotatable bonds is 4. The summed E-state index contributed by atoms with van der Waals surface area (Å²) in [6, 6.07) is 74.4.